The van der Waals surface area contributed by atoms with Crippen molar-refractivity contribution in [2.75, 3.05) is 19.0 Å². The second-order valence-electron chi connectivity index (χ2n) is 8.94. The first-order valence-corrected chi connectivity index (χ1v) is 10.9. The fourth-order valence-electron chi connectivity index (χ4n) is 4.54. The summed E-state index contributed by atoms with van der Waals surface area (Å²) in [6, 6.07) is 13.0. The molecule has 1 N–H and O–H groups in total. The van der Waals surface area contributed by atoms with Crippen LogP contribution in [0.1, 0.15) is 26.3 Å². The molecule has 2 aromatic carbocycles. The quantitative estimate of drug-likeness (QED) is 0.510. The van der Waals surface area contributed by atoms with E-state index in [2.05, 4.69) is 5.32 Å². The van der Waals surface area contributed by atoms with E-state index in [0.29, 0.717) is 5.75 Å². The van der Waals surface area contributed by atoms with Gasteiger partial charge in [-0.05, 0) is 37.6 Å². The standard InChI is InChI=1S/C24H27N3O7/c1-15-20-24(14-33-23(2,3)34-20,22(29)25-18-7-5-6-8-19(18)27(30)31)26(21(15)28)13-16-9-11-17(32-4)12-10-16/h5-12,15,20H,13-14H2,1-4H3,(H,25,29)/t15-,20+,24-/m1/s1. The van der Waals surface area contributed by atoms with Gasteiger partial charge in [0.1, 0.15) is 17.5 Å². The number of nitro benzene ring substituents is 1. The van der Waals surface area contributed by atoms with Gasteiger partial charge in [-0.1, -0.05) is 31.2 Å². The van der Waals surface area contributed by atoms with Crippen molar-refractivity contribution in [3.63, 3.8) is 0 Å². The summed E-state index contributed by atoms with van der Waals surface area (Å²) in [5.74, 6) is -1.83. The molecule has 0 aliphatic carbocycles. The van der Waals surface area contributed by atoms with E-state index in [1.54, 1.807) is 46.1 Å². The Morgan fingerprint density at radius 2 is 1.91 bits per heavy atom. The molecule has 10 heteroatoms. The molecule has 2 fully saturated rings. The molecule has 0 bridgehead atoms. The van der Waals surface area contributed by atoms with Crippen LogP contribution in [0, 0.1) is 16.0 Å². The molecule has 0 radical (unpaired) electrons. The van der Waals surface area contributed by atoms with Crippen LogP contribution in [0.3, 0.4) is 0 Å². The van der Waals surface area contributed by atoms with E-state index in [1.165, 1.54) is 23.1 Å². The van der Waals surface area contributed by atoms with Gasteiger partial charge in [-0.25, -0.2) is 0 Å². The number of anilines is 1. The van der Waals surface area contributed by atoms with Gasteiger partial charge < -0.3 is 24.4 Å². The SMILES string of the molecule is COc1ccc(CN2C(=O)[C@H](C)[C@@H]3OC(C)(C)OC[C@]32C(=O)Nc2ccccc2[N+](=O)[O-])cc1. The molecule has 0 aromatic heterocycles. The number of hydrogen-bond donors (Lipinski definition) is 1. The topological polar surface area (TPSA) is 120 Å². The van der Waals surface area contributed by atoms with E-state index < -0.39 is 34.2 Å². The summed E-state index contributed by atoms with van der Waals surface area (Å²) in [5, 5.41) is 14.2. The molecule has 2 amide bonds. The largest absolute Gasteiger partial charge is 0.497 e. The molecule has 2 aromatic rings. The van der Waals surface area contributed by atoms with E-state index in [1.807, 2.05) is 12.1 Å². The van der Waals surface area contributed by atoms with Crippen LogP contribution in [0.25, 0.3) is 0 Å². The van der Waals surface area contributed by atoms with Gasteiger partial charge in [-0.15, -0.1) is 0 Å². The van der Waals surface area contributed by atoms with Crippen LogP contribution in [0.15, 0.2) is 48.5 Å². The number of likely N-dealkylation sites (tertiary alicyclic amines) is 1. The van der Waals surface area contributed by atoms with Crippen LogP contribution in [0.5, 0.6) is 5.75 Å². The lowest BCUT2D eigenvalue weighted by Gasteiger charge is -2.48. The number of para-hydroxylation sites is 2. The molecule has 3 atom stereocenters. The predicted molar refractivity (Wildman–Crippen MR) is 122 cm³/mol. The second-order valence-corrected chi connectivity index (χ2v) is 8.94. The number of benzene rings is 2. The Morgan fingerprint density at radius 3 is 2.56 bits per heavy atom. The molecule has 10 nitrogen and oxygen atoms in total. The average molecular weight is 469 g/mol. The lowest BCUT2D eigenvalue weighted by Crippen LogP contribution is -2.67. The molecular weight excluding hydrogens is 442 g/mol. The van der Waals surface area contributed by atoms with E-state index in [9.17, 15) is 19.7 Å². The van der Waals surface area contributed by atoms with Crippen molar-refractivity contribution in [3.8, 4) is 5.75 Å². The molecule has 0 spiro atoms. The summed E-state index contributed by atoms with van der Waals surface area (Å²) < 4.78 is 17.2. The first-order valence-electron chi connectivity index (χ1n) is 10.9. The summed E-state index contributed by atoms with van der Waals surface area (Å²) in [6.45, 7) is 5.17. The highest BCUT2D eigenvalue weighted by molar-refractivity contribution is 6.05. The molecule has 34 heavy (non-hydrogen) atoms. The molecule has 2 heterocycles. The number of methoxy groups -OCH3 is 1. The Balaban J connectivity index is 1.75. The summed E-state index contributed by atoms with van der Waals surface area (Å²) in [5.41, 5.74) is -0.951. The van der Waals surface area contributed by atoms with Crippen LogP contribution in [-0.4, -0.2) is 52.8 Å². The van der Waals surface area contributed by atoms with Gasteiger partial charge in [-0.3, -0.25) is 19.7 Å². The van der Waals surface area contributed by atoms with Crippen molar-refractivity contribution >= 4 is 23.2 Å². The number of fused-ring (bicyclic) bond motifs is 1. The van der Waals surface area contributed by atoms with Crippen molar-refractivity contribution in [3.05, 3.63) is 64.2 Å². The number of nitrogens with zero attached hydrogens (tertiary/aromatic N) is 2. The lowest BCUT2D eigenvalue weighted by atomic mass is 9.86. The van der Waals surface area contributed by atoms with E-state index in [0.717, 1.165) is 5.56 Å². The zero-order valence-electron chi connectivity index (χ0n) is 19.4. The van der Waals surface area contributed by atoms with Gasteiger partial charge in [0.25, 0.3) is 11.6 Å². The highest BCUT2D eigenvalue weighted by Gasteiger charge is 2.66. The van der Waals surface area contributed by atoms with E-state index >= 15 is 0 Å². The first-order chi connectivity index (χ1) is 16.1. The minimum Gasteiger partial charge on any atom is -0.497 e. The van der Waals surface area contributed by atoms with Crippen LogP contribution >= 0.6 is 0 Å². The summed E-state index contributed by atoms with van der Waals surface area (Å²) in [7, 11) is 1.56. The van der Waals surface area contributed by atoms with Gasteiger partial charge in [-0.2, -0.15) is 0 Å². The Morgan fingerprint density at radius 1 is 1.24 bits per heavy atom. The third kappa shape index (κ3) is 3.99. The summed E-state index contributed by atoms with van der Waals surface area (Å²) in [6.07, 6.45) is -0.815. The number of nitrogens with one attached hydrogen (secondary N) is 1. The summed E-state index contributed by atoms with van der Waals surface area (Å²) in [4.78, 5) is 39.6. The number of carbonyl (C=O) groups excluding carboxylic acids is 2. The Hall–Kier alpha value is -3.50. The number of ether oxygens (including phenoxy) is 3. The molecule has 4 rings (SSSR count). The molecule has 2 aliphatic heterocycles. The van der Waals surface area contributed by atoms with Crippen molar-refractivity contribution in [1.29, 1.82) is 0 Å². The molecule has 0 unspecified atom stereocenters. The third-order valence-electron chi connectivity index (χ3n) is 6.35. The van der Waals surface area contributed by atoms with Crippen molar-refractivity contribution < 1.29 is 28.7 Å². The Kier molecular flexibility index (Phi) is 6.05. The van der Waals surface area contributed by atoms with Crippen LogP contribution < -0.4 is 10.1 Å². The molecule has 180 valence electrons. The fraction of sp³-hybridized carbons (Fsp3) is 0.417. The van der Waals surface area contributed by atoms with Crippen LogP contribution in [-0.2, 0) is 25.6 Å². The van der Waals surface area contributed by atoms with Crippen LogP contribution in [0.2, 0.25) is 0 Å². The van der Waals surface area contributed by atoms with E-state index in [4.69, 9.17) is 14.2 Å². The lowest BCUT2D eigenvalue weighted by molar-refractivity contribution is -0.384. The zero-order valence-corrected chi connectivity index (χ0v) is 19.4. The molecule has 2 saturated heterocycles. The first kappa shape index (κ1) is 23.7. The number of nitro groups is 1. The van der Waals surface area contributed by atoms with E-state index in [-0.39, 0.29) is 30.4 Å². The molecule has 2 aliphatic rings. The van der Waals surface area contributed by atoms with Gasteiger partial charge in [0.2, 0.25) is 5.91 Å². The highest BCUT2D eigenvalue weighted by Crippen LogP contribution is 2.45. The Labute approximate surface area is 196 Å². The minimum absolute atomic E-state index is 0.0341. The van der Waals surface area contributed by atoms with Gasteiger partial charge in [0.05, 0.1) is 24.6 Å². The maximum Gasteiger partial charge on any atom is 0.292 e. The van der Waals surface area contributed by atoms with Crippen molar-refractivity contribution in [2.24, 2.45) is 5.92 Å². The number of carbonyl (C=O) groups is 2. The highest BCUT2D eigenvalue weighted by atomic mass is 16.7. The smallest absolute Gasteiger partial charge is 0.292 e. The van der Waals surface area contributed by atoms with Crippen molar-refractivity contribution in [1.82, 2.24) is 4.90 Å². The maximum atomic E-state index is 13.8. The summed E-state index contributed by atoms with van der Waals surface area (Å²) >= 11 is 0. The van der Waals surface area contributed by atoms with Crippen LogP contribution in [0.4, 0.5) is 11.4 Å². The fourth-order valence-corrected chi connectivity index (χ4v) is 4.54. The zero-order chi connectivity index (χ0) is 24.7. The Bertz CT molecular complexity index is 1120. The number of hydrogen-bond acceptors (Lipinski definition) is 7. The predicted octanol–water partition coefficient (Wildman–Crippen LogP) is 3.11. The number of rotatable bonds is 6. The second kappa shape index (κ2) is 8.69. The van der Waals surface area contributed by atoms with Gasteiger partial charge in [0, 0.05) is 12.6 Å². The molecular formula is C24H27N3O7. The van der Waals surface area contributed by atoms with Crippen molar-refractivity contribution in [2.45, 2.75) is 44.7 Å². The van der Waals surface area contributed by atoms with Gasteiger partial charge in [0.15, 0.2) is 11.3 Å². The van der Waals surface area contributed by atoms with Gasteiger partial charge >= 0.3 is 0 Å². The average Bonchev–Trinajstić information content (AvgIpc) is 3.01. The molecule has 0 saturated carbocycles. The monoisotopic (exact) mass is 469 g/mol. The maximum absolute atomic E-state index is 13.8. The number of amides is 2. The normalized spacial score (nSPS) is 25.5. The minimum atomic E-state index is -1.52. The third-order valence-corrected chi connectivity index (χ3v) is 6.35.